The Balaban J connectivity index is 1.79. The van der Waals surface area contributed by atoms with E-state index in [-0.39, 0.29) is 5.82 Å². The fourth-order valence-corrected chi connectivity index (χ4v) is 3.80. The van der Waals surface area contributed by atoms with Crippen LogP contribution < -0.4 is 4.74 Å². The Morgan fingerprint density at radius 2 is 1.96 bits per heavy atom. The van der Waals surface area contributed by atoms with Gasteiger partial charge >= 0.3 is 0 Å². The first kappa shape index (κ1) is 17.4. The zero-order valence-electron chi connectivity index (χ0n) is 14.8. The monoisotopic (exact) mass is 381 g/mol. The summed E-state index contributed by atoms with van der Waals surface area (Å²) in [6, 6.07) is 12.1. The molecule has 0 radical (unpaired) electrons. The van der Waals surface area contributed by atoms with E-state index in [4.69, 9.17) is 4.74 Å². The summed E-state index contributed by atoms with van der Waals surface area (Å²) in [5.74, 6) is 1.11. The summed E-state index contributed by atoms with van der Waals surface area (Å²) < 4.78 is 21.1. The van der Waals surface area contributed by atoms with Gasteiger partial charge in [-0.05, 0) is 49.0 Å². The van der Waals surface area contributed by atoms with Crippen molar-refractivity contribution in [3.8, 4) is 17.1 Å². The summed E-state index contributed by atoms with van der Waals surface area (Å²) in [5.41, 5.74) is 1.54. The minimum Gasteiger partial charge on any atom is -0.496 e. The molecular formula is C19H16FN5OS. The summed E-state index contributed by atoms with van der Waals surface area (Å²) in [4.78, 5) is 8.51. The van der Waals surface area contributed by atoms with Gasteiger partial charge in [-0.3, -0.25) is 0 Å². The van der Waals surface area contributed by atoms with Gasteiger partial charge in [-0.25, -0.2) is 14.4 Å². The largest absolute Gasteiger partial charge is 0.496 e. The van der Waals surface area contributed by atoms with Crippen LogP contribution >= 0.6 is 11.8 Å². The third-order valence-electron chi connectivity index (χ3n) is 4.13. The number of methoxy groups -OCH3 is 1. The van der Waals surface area contributed by atoms with Gasteiger partial charge in [0.05, 0.1) is 18.2 Å². The van der Waals surface area contributed by atoms with Crippen molar-refractivity contribution in [2.45, 2.75) is 23.7 Å². The predicted molar refractivity (Wildman–Crippen MR) is 101 cm³/mol. The first-order chi connectivity index (χ1) is 13.2. The van der Waals surface area contributed by atoms with Crippen molar-refractivity contribution in [3.05, 3.63) is 54.6 Å². The molecule has 4 aromatic rings. The van der Waals surface area contributed by atoms with Crippen LogP contribution in [0.4, 0.5) is 4.39 Å². The van der Waals surface area contributed by atoms with Crippen molar-refractivity contribution >= 4 is 22.7 Å². The predicted octanol–water partition coefficient (Wildman–Crippen LogP) is 4.21. The van der Waals surface area contributed by atoms with E-state index in [1.807, 2.05) is 35.8 Å². The zero-order valence-corrected chi connectivity index (χ0v) is 15.6. The van der Waals surface area contributed by atoms with Gasteiger partial charge < -0.3 is 9.30 Å². The third-order valence-corrected chi connectivity index (χ3v) is 5.13. The van der Waals surface area contributed by atoms with E-state index in [0.29, 0.717) is 33.5 Å². The molecule has 0 unspecified atom stereocenters. The lowest BCUT2D eigenvalue weighted by atomic mass is 10.2. The Hall–Kier alpha value is -3.00. The SMILES string of the molecule is CCn1c(Sc2ncnc3ccc(F)cc23)nnc1-c1ccccc1OC. The molecule has 0 saturated carbocycles. The van der Waals surface area contributed by atoms with Gasteiger partial charge in [-0.1, -0.05) is 12.1 Å². The average molecular weight is 381 g/mol. The van der Waals surface area contributed by atoms with Crippen LogP contribution in [0.1, 0.15) is 6.92 Å². The van der Waals surface area contributed by atoms with Crippen molar-refractivity contribution in [1.82, 2.24) is 24.7 Å². The third kappa shape index (κ3) is 3.23. The molecule has 0 aliphatic rings. The number of nitrogens with zero attached hydrogens (tertiary/aromatic N) is 5. The lowest BCUT2D eigenvalue weighted by Gasteiger charge is -2.10. The molecule has 0 bridgehead atoms. The molecule has 4 rings (SSSR count). The van der Waals surface area contributed by atoms with Crippen molar-refractivity contribution < 1.29 is 9.13 Å². The lowest BCUT2D eigenvalue weighted by molar-refractivity contribution is 0.416. The van der Waals surface area contributed by atoms with Crippen LogP contribution in [0.2, 0.25) is 0 Å². The van der Waals surface area contributed by atoms with E-state index in [1.165, 1.54) is 30.2 Å². The van der Waals surface area contributed by atoms with Crippen LogP contribution in [0.5, 0.6) is 5.75 Å². The summed E-state index contributed by atoms with van der Waals surface area (Å²) in [5, 5.41) is 10.6. The minimum atomic E-state index is -0.328. The number of para-hydroxylation sites is 1. The number of halogens is 1. The Morgan fingerprint density at radius 1 is 1.11 bits per heavy atom. The fraction of sp³-hybridized carbons (Fsp3) is 0.158. The van der Waals surface area contributed by atoms with Crippen molar-refractivity contribution in [2.75, 3.05) is 7.11 Å². The molecule has 0 aliphatic carbocycles. The number of fused-ring (bicyclic) bond motifs is 1. The molecule has 8 heteroatoms. The van der Waals surface area contributed by atoms with Crippen LogP contribution in [-0.2, 0) is 6.54 Å². The lowest BCUT2D eigenvalue weighted by Crippen LogP contribution is -2.01. The molecule has 0 amide bonds. The van der Waals surface area contributed by atoms with Crippen LogP contribution in [0, 0.1) is 5.82 Å². The quantitative estimate of drug-likeness (QED) is 0.483. The van der Waals surface area contributed by atoms with Gasteiger partial charge in [-0.15, -0.1) is 10.2 Å². The molecule has 2 heterocycles. The molecule has 0 N–H and O–H groups in total. The van der Waals surface area contributed by atoms with Gasteiger partial charge in [-0.2, -0.15) is 0 Å². The maximum atomic E-state index is 13.7. The summed E-state index contributed by atoms with van der Waals surface area (Å²) in [6.07, 6.45) is 1.47. The van der Waals surface area contributed by atoms with E-state index < -0.39 is 0 Å². The van der Waals surface area contributed by atoms with Crippen molar-refractivity contribution in [2.24, 2.45) is 0 Å². The molecule has 0 aliphatic heterocycles. The van der Waals surface area contributed by atoms with Crippen LogP contribution in [0.15, 0.2) is 59.0 Å². The van der Waals surface area contributed by atoms with Gasteiger partial charge in [0.1, 0.15) is 22.9 Å². The highest BCUT2D eigenvalue weighted by Crippen LogP contribution is 2.34. The standard InChI is InChI=1S/C19H16FN5OS/c1-3-25-17(13-6-4-5-7-16(13)26-2)23-24-19(25)27-18-14-10-12(20)8-9-15(14)21-11-22-18/h4-11H,3H2,1-2H3. The Bertz CT molecular complexity index is 1110. The molecule has 6 nitrogen and oxygen atoms in total. The summed E-state index contributed by atoms with van der Waals surface area (Å²) in [7, 11) is 1.63. The Labute approximate surface area is 159 Å². The second kappa shape index (κ2) is 7.32. The molecule has 2 aromatic carbocycles. The molecular weight excluding hydrogens is 365 g/mol. The van der Waals surface area contributed by atoms with Crippen molar-refractivity contribution in [3.63, 3.8) is 0 Å². The molecule has 0 saturated heterocycles. The number of hydrogen-bond donors (Lipinski definition) is 0. The molecule has 0 atom stereocenters. The second-order valence-corrected chi connectivity index (χ2v) is 6.65. The van der Waals surface area contributed by atoms with Gasteiger partial charge in [0.15, 0.2) is 11.0 Å². The average Bonchev–Trinajstić information content (AvgIpc) is 3.10. The number of rotatable bonds is 5. The van der Waals surface area contributed by atoms with Gasteiger partial charge in [0.2, 0.25) is 0 Å². The molecule has 27 heavy (non-hydrogen) atoms. The summed E-state index contributed by atoms with van der Waals surface area (Å²) >= 11 is 1.34. The van der Waals surface area contributed by atoms with E-state index in [2.05, 4.69) is 20.2 Å². The second-order valence-electron chi connectivity index (χ2n) is 5.69. The minimum absolute atomic E-state index is 0.328. The first-order valence-corrected chi connectivity index (χ1v) is 9.17. The smallest absolute Gasteiger partial charge is 0.197 e. The van der Waals surface area contributed by atoms with E-state index in [0.717, 1.165) is 11.3 Å². The first-order valence-electron chi connectivity index (χ1n) is 8.36. The number of hydrogen-bond acceptors (Lipinski definition) is 6. The maximum absolute atomic E-state index is 13.7. The Morgan fingerprint density at radius 3 is 2.78 bits per heavy atom. The van der Waals surface area contributed by atoms with E-state index >= 15 is 0 Å². The summed E-state index contributed by atoms with van der Waals surface area (Å²) in [6.45, 7) is 2.68. The van der Waals surface area contributed by atoms with Gasteiger partial charge in [0, 0.05) is 11.9 Å². The number of benzene rings is 2. The zero-order chi connectivity index (χ0) is 18.8. The fourth-order valence-electron chi connectivity index (χ4n) is 2.85. The van der Waals surface area contributed by atoms with E-state index in [1.54, 1.807) is 13.2 Å². The van der Waals surface area contributed by atoms with Crippen LogP contribution in [0.3, 0.4) is 0 Å². The van der Waals surface area contributed by atoms with Crippen LogP contribution in [-0.4, -0.2) is 31.8 Å². The van der Waals surface area contributed by atoms with E-state index in [9.17, 15) is 4.39 Å². The Kier molecular flexibility index (Phi) is 4.72. The highest BCUT2D eigenvalue weighted by molar-refractivity contribution is 7.99. The maximum Gasteiger partial charge on any atom is 0.197 e. The molecule has 0 spiro atoms. The molecule has 2 aromatic heterocycles. The highest BCUT2D eigenvalue weighted by Gasteiger charge is 2.18. The molecule has 136 valence electrons. The topological polar surface area (TPSA) is 65.7 Å². The number of ether oxygens (including phenoxy) is 1. The number of aromatic nitrogens is 5. The highest BCUT2D eigenvalue weighted by atomic mass is 32.2. The molecule has 0 fully saturated rings. The van der Waals surface area contributed by atoms with Crippen molar-refractivity contribution in [1.29, 1.82) is 0 Å². The normalized spacial score (nSPS) is 11.1. The van der Waals surface area contributed by atoms with Gasteiger partial charge in [0.25, 0.3) is 0 Å². The van der Waals surface area contributed by atoms with Crippen LogP contribution in [0.25, 0.3) is 22.3 Å².